The Hall–Kier alpha value is -1.92. The van der Waals surface area contributed by atoms with Crippen molar-refractivity contribution in [1.82, 2.24) is 14.9 Å². The van der Waals surface area contributed by atoms with Gasteiger partial charge in [-0.3, -0.25) is 0 Å². The highest BCUT2D eigenvalue weighted by atomic mass is 16.5. The average Bonchev–Trinajstić information content (AvgIpc) is 3.20. The van der Waals surface area contributed by atoms with Crippen LogP contribution in [0.3, 0.4) is 0 Å². The molecule has 6 heteroatoms. The van der Waals surface area contributed by atoms with E-state index >= 15 is 0 Å². The normalized spacial score (nSPS) is 19.1. The van der Waals surface area contributed by atoms with Gasteiger partial charge in [-0.05, 0) is 57.3 Å². The van der Waals surface area contributed by atoms with Gasteiger partial charge in [0.25, 0.3) is 0 Å². The summed E-state index contributed by atoms with van der Waals surface area (Å²) in [5.74, 6) is 1.79. The van der Waals surface area contributed by atoms with Gasteiger partial charge in [0.1, 0.15) is 17.9 Å². The highest BCUT2D eigenvalue weighted by molar-refractivity contribution is 5.89. The lowest BCUT2D eigenvalue weighted by molar-refractivity contribution is 0.0904. The molecule has 140 valence electrons. The van der Waals surface area contributed by atoms with Gasteiger partial charge in [0.15, 0.2) is 0 Å². The molecule has 6 nitrogen and oxygen atoms in total. The molecule has 0 spiro atoms. The summed E-state index contributed by atoms with van der Waals surface area (Å²) < 4.78 is 11.4. The van der Waals surface area contributed by atoms with Crippen LogP contribution in [-0.4, -0.2) is 60.4 Å². The number of nitrogens with one attached hydrogen (secondary N) is 1. The SMILES string of the molecule is c1nc(NC2CCOCC2)c2ccc(OCCCN3CCCC3)cc2n1. The van der Waals surface area contributed by atoms with Crippen LogP contribution in [0, 0.1) is 0 Å². The van der Waals surface area contributed by atoms with E-state index in [9.17, 15) is 0 Å². The molecular formula is C20H28N4O2. The number of rotatable bonds is 7. The van der Waals surface area contributed by atoms with E-state index in [2.05, 4.69) is 26.3 Å². The van der Waals surface area contributed by atoms with Crippen LogP contribution in [0.4, 0.5) is 5.82 Å². The monoisotopic (exact) mass is 356 g/mol. The van der Waals surface area contributed by atoms with Crippen LogP contribution in [-0.2, 0) is 4.74 Å². The molecular weight excluding hydrogens is 328 g/mol. The second-order valence-electron chi connectivity index (χ2n) is 7.18. The Morgan fingerprint density at radius 2 is 2.00 bits per heavy atom. The van der Waals surface area contributed by atoms with Gasteiger partial charge in [-0.2, -0.15) is 0 Å². The molecule has 0 amide bonds. The summed E-state index contributed by atoms with van der Waals surface area (Å²) in [5, 5.41) is 4.59. The Bertz CT molecular complexity index is 712. The first kappa shape index (κ1) is 17.5. The van der Waals surface area contributed by atoms with Gasteiger partial charge < -0.3 is 19.7 Å². The van der Waals surface area contributed by atoms with Crippen LogP contribution in [0.15, 0.2) is 24.5 Å². The minimum absolute atomic E-state index is 0.420. The molecule has 4 rings (SSSR count). The quantitative estimate of drug-likeness (QED) is 0.770. The maximum absolute atomic E-state index is 5.94. The zero-order valence-corrected chi connectivity index (χ0v) is 15.3. The number of anilines is 1. The van der Waals surface area contributed by atoms with Crippen LogP contribution in [0.2, 0.25) is 0 Å². The number of benzene rings is 1. The predicted octanol–water partition coefficient (Wildman–Crippen LogP) is 3.09. The third kappa shape index (κ3) is 4.43. The number of fused-ring (bicyclic) bond motifs is 1. The summed E-state index contributed by atoms with van der Waals surface area (Å²) in [6, 6.07) is 6.52. The van der Waals surface area contributed by atoms with Crippen molar-refractivity contribution < 1.29 is 9.47 Å². The van der Waals surface area contributed by atoms with Crippen LogP contribution in [0.1, 0.15) is 32.1 Å². The highest BCUT2D eigenvalue weighted by Crippen LogP contribution is 2.25. The Kier molecular flexibility index (Phi) is 5.82. The molecule has 3 heterocycles. The van der Waals surface area contributed by atoms with Crippen molar-refractivity contribution in [3.8, 4) is 5.75 Å². The zero-order chi connectivity index (χ0) is 17.6. The van der Waals surface area contributed by atoms with Gasteiger partial charge in [0.2, 0.25) is 0 Å². The van der Waals surface area contributed by atoms with Crippen molar-refractivity contribution in [3.05, 3.63) is 24.5 Å². The number of likely N-dealkylation sites (tertiary alicyclic amines) is 1. The van der Waals surface area contributed by atoms with Crippen molar-refractivity contribution in [2.75, 3.05) is 44.8 Å². The second kappa shape index (κ2) is 8.64. The average molecular weight is 356 g/mol. The number of nitrogens with zero attached hydrogens (tertiary/aromatic N) is 3. The van der Waals surface area contributed by atoms with E-state index in [1.807, 2.05) is 12.1 Å². The summed E-state index contributed by atoms with van der Waals surface area (Å²) in [7, 11) is 0. The molecule has 0 aliphatic carbocycles. The van der Waals surface area contributed by atoms with Crippen molar-refractivity contribution in [2.24, 2.45) is 0 Å². The van der Waals surface area contributed by atoms with Gasteiger partial charge in [0.05, 0.1) is 12.1 Å². The lowest BCUT2D eigenvalue weighted by Crippen LogP contribution is -2.28. The molecule has 0 radical (unpaired) electrons. The Balaban J connectivity index is 1.35. The third-order valence-corrected chi connectivity index (χ3v) is 5.26. The lowest BCUT2D eigenvalue weighted by atomic mass is 10.1. The molecule has 26 heavy (non-hydrogen) atoms. The first-order valence-electron chi connectivity index (χ1n) is 9.83. The largest absolute Gasteiger partial charge is 0.493 e. The van der Waals surface area contributed by atoms with E-state index in [1.165, 1.54) is 25.9 Å². The van der Waals surface area contributed by atoms with Gasteiger partial charge in [-0.1, -0.05) is 0 Å². The molecule has 2 aliphatic heterocycles. The van der Waals surface area contributed by atoms with Crippen LogP contribution in [0.5, 0.6) is 5.75 Å². The molecule has 2 fully saturated rings. The molecule has 2 aliphatic rings. The highest BCUT2D eigenvalue weighted by Gasteiger charge is 2.15. The Morgan fingerprint density at radius 1 is 1.15 bits per heavy atom. The van der Waals surface area contributed by atoms with Gasteiger partial charge in [-0.25, -0.2) is 9.97 Å². The number of ether oxygens (including phenoxy) is 2. The van der Waals surface area contributed by atoms with Crippen LogP contribution >= 0.6 is 0 Å². The van der Waals surface area contributed by atoms with E-state index in [1.54, 1.807) is 6.33 Å². The number of hydrogen-bond acceptors (Lipinski definition) is 6. The van der Waals surface area contributed by atoms with E-state index in [0.717, 1.165) is 68.1 Å². The predicted molar refractivity (Wildman–Crippen MR) is 103 cm³/mol. The molecule has 0 saturated carbocycles. The molecule has 2 aromatic rings. The summed E-state index contributed by atoms with van der Waals surface area (Å²) in [6.45, 7) is 6.01. The van der Waals surface area contributed by atoms with Crippen molar-refractivity contribution in [2.45, 2.75) is 38.1 Å². The molecule has 0 bridgehead atoms. The van der Waals surface area contributed by atoms with E-state index in [-0.39, 0.29) is 0 Å². The fraction of sp³-hybridized carbons (Fsp3) is 0.600. The van der Waals surface area contributed by atoms with Gasteiger partial charge >= 0.3 is 0 Å². The second-order valence-corrected chi connectivity index (χ2v) is 7.18. The number of aromatic nitrogens is 2. The fourth-order valence-corrected chi connectivity index (χ4v) is 3.76. The Morgan fingerprint density at radius 3 is 2.85 bits per heavy atom. The Labute approximate surface area is 154 Å². The summed E-state index contributed by atoms with van der Waals surface area (Å²) in [4.78, 5) is 11.4. The van der Waals surface area contributed by atoms with E-state index in [4.69, 9.17) is 9.47 Å². The van der Waals surface area contributed by atoms with Crippen molar-refractivity contribution in [3.63, 3.8) is 0 Å². The van der Waals surface area contributed by atoms with Crippen LogP contribution in [0.25, 0.3) is 10.9 Å². The summed E-state index contributed by atoms with van der Waals surface area (Å²) >= 11 is 0. The first-order valence-corrected chi connectivity index (χ1v) is 9.83. The zero-order valence-electron chi connectivity index (χ0n) is 15.3. The molecule has 1 N–H and O–H groups in total. The molecule has 1 aromatic heterocycles. The summed E-state index contributed by atoms with van der Waals surface area (Å²) in [6.07, 6.45) is 7.41. The minimum Gasteiger partial charge on any atom is -0.493 e. The van der Waals surface area contributed by atoms with Gasteiger partial charge in [0, 0.05) is 37.3 Å². The maximum atomic E-state index is 5.94. The molecule has 1 aromatic carbocycles. The van der Waals surface area contributed by atoms with E-state index in [0.29, 0.717) is 6.04 Å². The van der Waals surface area contributed by atoms with Crippen LogP contribution < -0.4 is 10.1 Å². The van der Waals surface area contributed by atoms with Gasteiger partial charge in [-0.15, -0.1) is 0 Å². The molecule has 2 saturated heterocycles. The first-order chi connectivity index (χ1) is 12.9. The maximum Gasteiger partial charge on any atom is 0.137 e. The van der Waals surface area contributed by atoms with Crippen molar-refractivity contribution in [1.29, 1.82) is 0 Å². The third-order valence-electron chi connectivity index (χ3n) is 5.26. The molecule has 0 atom stereocenters. The smallest absolute Gasteiger partial charge is 0.137 e. The molecule has 0 unspecified atom stereocenters. The van der Waals surface area contributed by atoms with Crippen molar-refractivity contribution >= 4 is 16.7 Å². The van der Waals surface area contributed by atoms with E-state index < -0.39 is 0 Å². The standard InChI is InChI=1S/C20H28N4O2/c1-2-9-24(8-1)10-3-11-26-17-4-5-18-19(14-17)21-15-22-20(18)23-16-6-12-25-13-7-16/h4-5,14-16H,1-3,6-13H2,(H,21,22,23). The number of hydrogen-bond donors (Lipinski definition) is 1. The lowest BCUT2D eigenvalue weighted by Gasteiger charge is -2.24. The fourth-order valence-electron chi connectivity index (χ4n) is 3.76. The topological polar surface area (TPSA) is 59.5 Å². The minimum atomic E-state index is 0.420. The summed E-state index contributed by atoms with van der Waals surface area (Å²) in [5.41, 5.74) is 0.923.